The Morgan fingerprint density at radius 2 is 1.65 bits per heavy atom. The van der Waals surface area contributed by atoms with Crippen LogP contribution in [-0.4, -0.2) is 32.6 Å². The van der Waals surface area contributed by atoms with Gasteiger partial charge in [-0.1, -0.05) is 36.4 Å². The van der Waals surface area contributed by atoms with Crippen molar-refractivity contribution in [1.29, 1.82) is 0 Å². The number of hydrogen-bond donors (Lipinski definition) is 2. The molecule has 0 aliphatic carbocycles. The summed E-state index contributed by atoms with van der Waals surface area (Å²) in [5, 5.41) is 5.32. The van der Waals surface area contributed by atoms with Gasteiger partial charge in [-0.25, -0.2) is 0 Å². The Labute approximate surface area is 153 Å². The summed E-state index contributed by atoms with van der Waals surface area (Å²) in [4.78, 5) is 24.0. The van der Waals surface area contributed by atoms with Crippen LogP contribution in [0.3, 0.4) is 0 Å². The number of nitrogens with one attached hydrogen (secondary N) is 2. The monoisotopic (exact) mass is 356 g/mol. The van der Waals surface area contributed by atoms with E-state index in [-0.39, 0.29) is 6.04 Å². The highest BCUT2D eigenvalue weighted by molar-refractivity contribution is 6.35. The third kappa shape index (κ3) is 5.24. The van der Waals surface area contributed by atoms with Gasteiger partial charge in [0.25, 0.3) is 0 Å². The SMILES string of the molecule is COc1ccc(C(C)NC(=O)C(=O)NCCc2ccccc2)cc1OC. The van der Waals surface area contributed by atoms with Crippen LogP contribution in [0.2, 0.25) is 0 Å². The Kier molecular flexibility index (Phi) is 7.02. The van der Waals surface area contributed by atoms with Crippen molar-refractivity contribution in [2.75, 3.05) is 20.8 Å². The number of benzene rings is 2. The topological polar surface area (TPSA) is 76.7 Å². The molecule has 0 heterocycles. The number of methoxy groups -OCH3 is 2. The Morgan fingerprint density at radius 3 is 2.31 bits per heavy atom. The van der Waals surface area contributed by atoms with Crippen LogP contribution in [-0.2, 0) is 16.0 Å². The molecule has 2 N–H and O–H groups in total. The average molecular weight is 356 g/mol. The van der Waals surface area contributed by atoms with E-state index in [0.717, 1.165) is 11.1 Å². The highest BCUT2D eigenvalue weighted by Gasteiger charge is 2.17. The summed E-state index contributed by atoms with van der Waals surface area (Å²) in [6.45, 7) is 2.21. The summed E-state index contributed by atoms with van der Waals surface area (Å²) in [7, 11) is 3.10. The average Bonchev–Trinajstić information content (AvgIpc) is 2.67. The lowest BCUT2D eigenvalue weighted by molar-refractivity contribution is -0.139. The molecule has 0 bridgehead atoms. The first-order valence-electron chi connectivity index (χ1n) is 8.39. The number of carbonyl (C=O) groups excluding carboxylic acids is 2. The van der Waals surface area contributed by atoms with Gasteiger partial charge in [-0.15, -0.1) is 0 Å². The summed E-state index contributed by atoms with van der Waals surface area (Å²) >= 11 is 0. The van der Waals surface area contributed by atoms with Crippen molar-refractivity contribution in [2.45, 2.75) is 19.4 Å². The Morgan fingerprint density at radius 1 is 0.962 bits per heavy atom. The summed E-state index contributed by atoms with van der Waals surface area (Å²) < 4.78 is 10.5. The number of ether oxygens (including phenoxy) is 2. The quantitative estimate of drug-likeness (QED) is 0.746. The van der Waals surface area contributed by atoms with E-state index in [0.29, 0.717) is 24.5 Å². The molecule has 0 saturated carbocycles. The number of carbonyl (C=O) groups is 2. The third-order valence-corrected chi connectivity index (χ3v) is 4.00. The van der Waals surface area contributed by atoms with Gasteiger partial charge in [-0.2, -0.15) is 0 Å². The van der Waals surface area contributed by atoms with E-state index in [2.05, 4.69) is 10.6 Å². The molecule has 6 nitrogen and oxygen atoms in total. The molecule has 0 fully saturated rings. The highest BCUT2D eigenvalue weighted by atomic mass is 16.5. The number of hydrogen-bond acceptors (Lipinski definition) is 4. The van der Waals surface area contributed by atoms with E-state index in [9.17, 15) is 9.59 Å². The molecular formula is C20H24N2O4. The molecule has 0 saturated heterocycles. The van der Waals surface area contributed by atoms with Crippen LogP contribution in [0.15, 0.2) is 48.5 Å². The fourth-order valence-electron chi connectivity index (χ4n) is 2.51. The lowest BCUT2D eigenvalue weighted by atomic mass is 10.1. The largest absolute Gasteiger partial charge is 0.493 e. The minimum Gasteiger partial charge on any atom is -0.493 e. The van der Waals surface area contributed by atoms with Crippen molar-refractivity contribution in [3.63, 3.8) is 0 Å². The van der Waals surface area contributed by atoms with Crippen molar-refractivity contribution < 1.29 is 19.1 Å². The minimum atomic E-state index is -0.666. The fraction of sp³-hybridized carbons (Fsp3) is 0.300. The van der Waals surface area contributed by atoms with Crippen LogP contribution < -0.4 is 20.1 Å². The molecule has 6 heteroatoms. The van der Waals surface area contributed by atoms with Gasteiger partial charge in [0, 0.05) is 6.54 Å². The maximum Gasteiger partial charge on any atom is 0.309 e. The van der Waals surface area contributed by atoms with Crippen LogP contribution >= 0.6 is 0 Å². The fourth-order valence-corrected chi connectivity index (χ4v) is 2.51. The van der Waals surface area contributed by atoms with Crippen molar-refractivity contribution in [3.8, 4) is 11.5 Å². The third-order valence-electron chi connectivity index (χ3n) is 4.00. The van der Waals surface area contributed by atoms with Gasteiger partial charge in [0.1, 0.15) is 0 Å². The second-order valence-corrected chi connectivity index (χ2v) is 5.80. The first-order chi connectivity index (χ1) is 12.5. The van der Waals surface area contributed by atoms with Crippen LogP contribution in [0.1, 0.15) is 24.1 Å². The van der Waals surface area contributed by atoms with E-state index in [1.54, 1.807) is 33.3 Å². The molecule has 0 aromatic heterocycles. The standard InChI is InChI=1S/C20H24N2O4/c1-14(16-9-10-17(25-2)18(13-16)26-3)22-20(24)19(23)21-12-11-15-7-5-4-6-8-15/h4-10,13-14H,11-12H2,1-3H3,(H,21,23)(H,22,24). The summed E-state index contributed by atoms with van der Waals surface area (Å²) in [5.41, 5.74) is 1.92. The van der Waals surface area contributed by atoms with Gasteiger partial charge in [0.2, 0.25) is 0 Å². The molecule has 0 radical (unpaired) electrons. The second-order valence-electron chi connectivity index (χ2n) is 5.80. The Balaban J connectivity index is 1.86. The molecule has 2 amide bonds. The van der Waals surface area contributed by atoms with Gasteiger partial charge in [-0.05, 0) is 36.6 Å². The summed E-state index contributed by atoms with van der Waals surface area (Å²) in [6, 6.07) is 14.8. The van der Waals surface area contributed by atoms with E-state index < -0.39 is 11.8 Å². The molecule has 2 aromatic rings. The van der Waals surface area contributed by atoms with E-state index >= 15 is 0 Å². The predicted molar refractivity (Wildman–Crippen MR) is 99.3 cm³/mol. The molecule has 26 heavy (non-hydrogen) atoms. The number of amides is 2. The molecule has 2 aromatic carbocycles. The van der Waals surface area contributed by atoms with Gasteiger partial charge < -0.3 is 20.1 Å². The second kappa shape index (κ2) is 9.46. The smallest absolute Gasteiger partial charge is 0.309 e. The Bertz CT molecular complexity index is 747. The molecular weight excluding hydrogens is 332 g/mol. The molecule has 138 valence electrons. The first-order valence-corrected chi connectivity index (χ1v) is 8.39. The Hall–Kier alpha value is -3.02. The molecule has 0 aliphatic rings. The van der Waals surface area contributed by atoms with Crippen molar-refractivity contribution >= 4 is 11.8 Å². The van der Waals surface area contributed by atoms with Crippen LogP contribution in [0.5, 0.6) is 11.5 Å². The van der Waals surface area contributed by atoms with Gasteiger partial charge in [-0.3, -0.25) is 9.59 Å². The van der Waals surface area contributed by atoms with E-state index in [1.165, 1.54) is 0 Å². The molecule has 0 aliphatic heterocycles. The lowest BCUT2D eigenvalue weighted by Gasteiger charge is -2.16. The maximum absolute atomic E-state index is 12.1. The predicted octanol–water partition coefficient (Wildman–Crippen LogP) is 2.24. The number of rotatable bonds is 7. The van der Waals surface area contributed by atoms with Crippen molar-refractivity contribution in [1.82, 2.24) is 10.6 Å². The minimum absolute atomic E-state index is 0.345. The molecule has 1 atom stereocenters. The molecule has 0 spiro atoms. The zero-order valence-corrected chi connectivity index (χ0v) is 15.2. The normalized spacial score (nSPS) is 11.3. The zero-order valence-electron chi connectivity index (χ0n) is 15.2. The van der Waals surface area contributed by atoms with Crippen LogP contribution in [0.4, 0.5) is 0 Å². The maximum atomic E-state index is 12.1. The first kappa shape index (κ1) is 19.3. The summed E-state index contributed by atoms with van der Waals surface area (Å²) in [6.07, 6.45) is 0.672. The van der Waals surface area contributed by atoms with Crippen molar-refractivity contribution in [3.05, 3.63) is 59.7 Å². The van der Waals surface area contributed by atoms with E-state index in [4.69, 9.17) is 9.47 Å². The van der Waals surface area contributed by atoms with E-state index in [1.807, 2.05) is 36.4 Å². The molecule has 1 unspecified atom stereocenters. The van der Waals surface area contributed by atoms with Gasteiger partial charge in [0.15, 0.2) is 11.5 Å². The van der Waals surface area contributed by atoms with Gasteiger partial charge in [0.05, 0.1) is 20.3 Å². The van der Waals surface area contributed by atoms with Crippen LogP contribution in [0.25, 0.3) is 0 Å². The van der Waals surface area contributed by atoms with Gasteiger partial charge >= 0.3 is 11.8 Å². The lowest BCUT2D eigenvalue weighted by Crippen LogP contribution is -2.41. The highest BCUT2D eigenvalue weighted by Crippen LogP contribution is 2.29. The zero-order chi connectivity index (χ0) is 18.9. The van der Waals surface area contributed by atoms with Crippen molar-refractivity contribution in [2.24, 2.45) is 0 Å². The summed E-state index contributed by atoms with van der Waals surface area (Å²) in [5.74, 6) is -0.138. The van der Waals surface area contributed by atoms with Crippen LogP contribution in [0, 0.1) is 0 Å². The molecule has 2 rings (SSSR count).